The summed E-state index contributed by atoms with van der Waals surface area (Å²) in [4.78, 5) is 12.9. The molecule has 1 saturated heterocycles. The van der Waals surface area contributed by atoms with Gasteiger partial charge in [0.2, 0.25) is 5.91 Å². The highest BCUT2D eigenvalue weighted by molar-refractivity contribution is 5.77. The number of hydrazine groups is 1. The Morgan fingerprint density at radius 2 is 2.24 bits per heavy atom. The maximum atomic E-state index is 12.6. The lowest BCUT2D eigenvalue weighted by molar-refractivity contribution is -0.187. The Morgan fingerprint density at radius 3 is 2.76 bits per heavy atom. The molecule has 3 N–H and O–H groups in total. The Balaban J connectivity index is 2.47. The smallest absolute Gasteiger partial charge is 0.302 e. The molecule has 4 nitrogen and oxygen atoms in total. The van der Waals surface area contributed by atoms with Gasteiger partial charge in [0.05, 0.1) is 5.92 Å². The molecular weight excluding hydrogens is 235 g/mol. The lowest BCUT2D eigenvalue weighted by atomic mass is 9.96. The normalized spacial score (nSPS) is 24.4. The van der Waals surface area contributed by atoms with Crippen molar-refractivity contribution in [2.24, 2.45) is 17.7 Å². The van der Waals surface area contributed by atoms with Crippen LogP contribution in [-0.4, -0.2) is 36.6 Å². The zero-order chi connectivity index (χ0) is 13.1. The topological polar surface area (TPSA) is 58.4 Å². The second-order valence-corrected chi connectivity index (χ2v) is 4.55. The van der Waals surface area contributed by atoms with Crippen LogP contribution in [0.3, 0.4) is 0 Å². The number of nitrogens with two attached hydrogens (primary N) is 1. The van der Waals surface area contributed by atoms with Crippen LogP contribution in [0, 0.1) is 11.8 Å². The van der Waals surface area contributed by atoms with Gasteiger partial charge in [0, 0.05) is 19.0 Å². The average molecular weight is 253 g/mol. The monoisotopic (exact) mass is 253 g/mol. The summed E-state index contributed by atoms with van der Waals surface area (Å²) in [5.74, 6) is 2.96. The minimum absolute atomic E-state index is 0.0221. The van der Waals surface area contributed by atoms with Crippen molar-refractivity contribution < 1.29 is 18.0 Å². The summed E-state index contributed by atoms with van der Waals surface area (Å²) in [5, 5.41) is 0. The van der Waals surface area contributed by atoms with Crippen molar-refractivity contribution in [1.82, 2.24) is 10.3 Å². The first-order valence-electron chi connectivity index (χ1n) is 5.64. The van der Waals surface area contributed by atoms with Crippen molar-refractivity contribution >= 4 is 5.91 Å². The van der Waals surface area contributed by atoms with Gasteiger partial charge >= 0.3 is 6.18 Å². The summed E-state index contributed by atoms with van der Waals surface area (Å²) in [6.07, 6.45) is -3.45. The van der Waals surface area contributed by atoms with Crippen LogP contribution in [0.15, 0.2) is 0 Å². The fourth-order valence-electron chi connectivity index (χ4n) is 2.10. The minimum atomic E-state index is -4.14. The molecule has 2 unspecified atom stereocenters. The van der Waals surface area contributed by atoms with E-state index in [1.807, 2.05) is 5.43 Å². The zero-order valence-electron chi connectivity index (χ0n) is 9.76. The molecular formula is C10H18F3N3O. The Labute approximate surface area is 98.3 Å². The molecule has 0 radical (unpaired) electrons. The Kier molecular flexibility index (Phi) is 4.76. The van der Waals surface area contributed by atoms with Gasteiger partial charge in [0.25, 0.3) is 0 Å². The van der Waals surface area contributed by atoms with Gasteiger partial charge < -0.3 is 4.90 Å². The van der Waals surface area contributed by atoms with E-state index in [9.17, 15) is 18.0 Å². The predicted molar refractivity (Wildman–Crippen MR) is 56.7 cm³/mol. The molecule has 0 aromatic rings. The van der Waals surface area contributed by atoms with Crippen LogP contribution in [-0.2, 0) is 4.79 Å². The number of carbonyl (C=O) groups is 1. The number of hydrogen-bond acceptors (Lipinski definition) is 3. The van der Waals surface area contributed by atoms with Crippen LogP contribution in [0.25, 0.3) is 0 Å². The molecule has 1 aliphatic rings. The van der Waals surface area contributed by atoms with E-state index in [4.69, 9.17) is 5.84 Å². The maximum Gasteiger partial charge on any atom is 0.393 e. The fraction of sp³-hybridized carbons (Fsp3) is 0.900. The number of nitrogens with zero attached hydrogens (tertiary/aromatic N) is 1. The van der Waals surface area contributed by atoms with E-state index in [-0.39, 0.29) is 18.9 Å². The molecule has 1 fully saturated rings. The van der Waals surface area contributed by atoms with E-state index in [1.165, 1.54) is 0 Å². The van der Waals surface area contributed by atoms with Crippen LogP contribution < -0.4 is 11.3 Å². The van der Waals surface area contributed by atoms with Gasteiger partial charge in [-0.3, -0.25) is 10.2 Å². The molecule has 7 heteroatoms. The summed E-state index contributed by atoms with van der Waals surface area (Å²) in [6, 6.07) is 0. The number of alkyl halides is 3. The van der Waals surface area contributed by atoms with Gasteiger partial charge in [-0.2, -0.15) is 13.2 Å². The third-order valence-electron chi connectivity index (χ3n) is 3.09. The SMILES string of the molecule is CC(CN1CCCC(C(F)(F)F)C1)C(=O)NN. The summed E-state index contributed by atoms with van der Waals surface area (Å²) < 4.78 is 37.7. The molecule has 1 rings (SSSR count). The summed E-state index contributed by atoms with van der Waals surface area (Å²) >= 11 is 0. The highest BCUT2D eigenvalue weighted by Crippen LogP contribution is 2.33. The molecule has 1 amide bonds. The number of piperidine rings is 1. The van der Waals surface area contributed by atoms with Gasteiger partial charge in [-0.1, -0.05) is 6.92 Å². The van der Waals surface area contributed by atoms with Gasteiger partial charge in [-0.25, -0.2) is 5.84 Å². The van der Waals surface area contributed by atoms with E-state index >= 15 is 0 Å². The van der Waals surface area contributed by atoms with E-state index in [0.29, 0.717) is 19.5 Å². The van der Waals surface area contributed by atoms with E-state index in [2.05, 4.69) is 0 Å². The van der Waals surface area contributed by atoms with Crippen molar-refractivity contribution in [2.45, 2.75) is 25.9 Å². The number of amides is 1. The lowest BCUT2D eigenvalue weighted by Crippen LogP contribution is -2.46. The first-order chi connectivity index (χ1) is 7.84. The quantitative estimate of drug-likeness (QED) is 0.446. The largest absolute Gasteiger partial charge is 0.393 e. The molecule has 1 heterocycles. The maximum absolute atomic E-state index is 12.6. The molecule has 100 valence electrons. The molecule has 1 aliphatic heterocycles. The van der Waals surface area contributed by atoms with Crippen molar-refractivity contribution in [3.05, 3.63) is 0 Å². The molecule has 2 atom stereocenters. The second-order valence-electron chi connectivity index (χ2n) is 4.55. The first-order valence-corrected chi connectivity index (χ1v) is 5.64. The van der Waals surface area contributed by atoms with Crippen molar-refractivity contribution in [3.8, 4) is 0 Å². The van der Waals surface area contributed by atoms with Gasteiger partial charge in [0.1, 0.15) is 0 Å². The van der Waals surface area contributed by atoms with Gasteiger partial charge in [-0.05, 0) is 19.4 Å². The minimum Gasteiger partial charge on any atom is -0.302 e. The number of rotatable bonds is 3. The lowest BCUT2D eigenvalue weighted by Gasteiger charge is -2.34. The number of carbonyl (C=O) groups excluding carboxylic acids is 1. The summed E-state index contributed by atoms with van der Waals surface area (Å²) in [5.41, 5.74) is 2.01. The third-order valence-corrected chi connectivity index (χ3v) is 3.09. The zero-order valence-corrected chi connectivity index (χ0v) is 9.76. The highest BCUT2D eigenvalue weighted by Gasteiger charge is 2.41. The number of nitrogens with one attached hydrogen (secondary N) is 1. The molecule has 0 aromatic carbocycles. The molecule has 0 spiro atoms. The van der Waals surface area contributed by atoms with Crippen LogP contribution in [0.5, 0.6) is 0 Å². The first kappa shape index (κ1) is 14.2. The van der Waals surface area contributed by atoms with Gasteiger partial charge in [0.15, 0.2) is 0 Å². The Bertz CT molecular complexity index is 270. The van der Waals surface area contributed by atoms with Crippen LogP contribution >= 0.6 is 0 Å². The Morgan fingerprint density at radius 1 is 1.59 bits per heavy atom. The summed E-state index contributed by atoms with van der Waals surface area (Å²) in [6.45, 7) is 2.55. The molecule has 0 bridgehead atoms. The third kappa shape index (κ3) is 4.16. The van der Waals surface area contributed by atoms with E-state index in [0.717, 1.165) is 0 Å². The number of halogens is 3. The molecule has 0 aliphatic carbocycles. The van der Waals surface area contributed by atoms with Crippen molar-refractivity contribution in [2.75, 3.05) is 19.6 Å². The number of likely N-dealkylation sites (tertiary alicyclic amines) is 1. The van der Waals surface area contributed by atoms with Crippen LogP contribution in [0.1, 0.15) is 19.8 Å². The number of hydrogen-bond donors (Lipinski definition) is 2. The standard InChI is InChI=1S/C10H18F3N3O/c1-7(9(17)15-14)5-16-4-2-3-8(6-16)10(11,12)13/h7-8H,2-6,14H2,1H3,(H,15,17). The summed E-state index contributed by atoms with van der Waals surface area (Å²) in [7, 11) is 0. The molecule has 0 saturated carbocycles. The van der Waals surface area contributed by atoms with Gasteiger partial charge in [-0.15, -0.1) is 0 Å². The van der Waals surface area contributed by atoms with E-state index < -0.39 is 18.0 Å². The van der Waals surface area contributed by atoms with Crippen molar-refractivity contribution in [3.63, 3.8) is 0 Å². The second kappa shape index (κ2) is 5.68. The predicted octanol–water partition coefficient (Wildman–Crippen LogP) is 0.887. The van der Waals surface area contributed by atoms with Crippen molar-refractivity contribution in [1.29, 1.82) is 0 Å². The molecule has 17 heavy (non-hydrogen) atoms. The fourth-order valence-corrected chi connectivity index (χ4v) is 2.10. The molecule has 0 aromatic heterocycles. The van der Waals surface area contributed by atoms with E-state index in [1.54, 1.807) is 11.8 Å². The van der Waals surface area contributed by atoms with Crippen LogP contribution in [0.4, 0.5) is 13.2 Å². The Hall–Kier alpha value is -0.820. The van der Waals surface area contributed by atoms with Crippen LogP contribution in [0.2, 0.25) is 0 Å². The highest BCUT2D eigenvalue weighted by atomic mass is 19.4. The average Bonchev–Trinajstić information content (AvgIpc) is 2.27.